The molecule has 1 amide bonds. The van der Waals surface area contributed by atoms with E-state index < -0.39 is 0 Å². The van der Waals surface area contributed by atoms with Crippen LogP contribution in [0.3, 0.4) is 0 Å². The van der Waals surface area contributed by atoms with Crippen LogP contribution in [0.4, 0.5) is 11.4 Å². The van der Waals surface area contributed by atoms with Crippen molar-refractivity contribution in [3.63, 3.8) is 0 Å². The van der Waals surface area contributed by atoms with E-state index in [1.165, 1.54) is 6.92 Å². The molecule has 0 atom stereocenters. The zero-order valence-electron chi connectivity index (χ0n) is 9.79. The molecule has 1 aliphatic heterocycles. The summed E-state index contributed by atoms with van der Waals surface area (Å²) in [5.74, 6) is -0.0870. The van der Waals surface area contributed by atoms with Crippen molar-refractivity contribution in [3.8, 4) is 0 Å². The molecule has 1 fully saturated rings. The number of nitrogens with zero attached hydrogens (tertiary/aromatic N) is 1. The molecule has 0 aliphatic carbocycles. The van der Waals surface area contributed by atoms with Gasteiger partial charge in [0.1, 0.15) is 0 Å². The van der Waals surface area contributed by atoms with Crippen LogP contribution < -0.4 is 15.5 Å². The van der Waals surface area contributed by atoms with Crippen molar-refractivity contribution in [2.75, 3.05) is 36.4 Å². The minimum Gasteiger partial charge on any atom is -0.368 e. The zero-order chi connectivity index (χ0) is 12.3. The highest BCUT2D eigenvalue weighted by Gasteiger charge is 2.13. The van der Waals surface area contributed by atoms with E-state index in [2.05, 4.69) is 15.5 Å². The number of halogens is 1. The number of carbonyl (C=O) groups excluding carboxylic acids is 1. The van der Waals surface area contributed by atoms with E-state index in [4.69, 9.17) is 11.6 Å². The lowest BCUT2D eigenvalue weighted by Gasteiger charge is -2.30. The third kappa shape index (κ3) is 3.11. The number of nitrogens with one attached hydrogen (secondary N) is 2. The number of amides is 1. The molecule has 1 saturated heterocycles. The molecule has 0 radical (unpaired) electrons. The Morgan fingerprint density at radius 1 is 1.41 bits per heavy atom. The minimum atomic E-state index is -0.0870. The first-order valence-electron chi connectivity index (χ1n) is 5.69. The molecule has 2 N–H and O–H groups in total. The van der Waals surface area contributed by atoms with Gasteiger partial charge in [-0.1, -0.05) is 11.6 Å². The van der Waals surface area contributed by atoms with Crippen LogP contribution in [0.5, 0.6) is 0 Å². The van der Waals surface area contributed by atoms with Gasteiger partial charge in [-0.25, -0.2) is 0 Å². The fourth-order valence-electron chi connectivity index (χ4n) is 1.95. The molecule has 0 spiro atoms. The molecule has 92 valence electrons. The molecule has 1 aromatic carbocycles. The second kappa shape index (κ2) is 5.38. The summed E-state index contributed by atoms with van der Waals surface area (Å²) in [7, 11) is 0. The lowest BCUT2D eigenvalue weighted by atomic mass is 10.2. The standard InChI is InChI=1S/C12H16ClN3O/c1-9(17)15-10-2-3-12(11(13)8-10)16-6-4-14-5-7-16/h2-3,8,14H,4-7H2,1H3,(H,15,17). The third-order valence-electron chi connectivity index (χ3n) is 2.73. The van der Waals surface area contributed by atoms with Gasteiger partial charge in [-0.05, 0) is 18.2 Å². The number of hydrogen-bond acceptors (Lipinski definition) is 3. The molecule has 1 heterocycles. The maximum absolute atomic E-state index is 10.9. The molecule has 0 unspecified atom stereocenters. The van der Waals surface area contributed by atoms with Crippen LogP contribution >= 0.6 is 11.6 Å². The monoisotopic (exact) mass is 253 g/mol. The van der Waals surface area contributed by atoms with Crippen molar-refractivity contribution in [1.82, 2.24) is 5.32 Å². The Morgan fingerprint density at radius 2 is 2.12 bits per heavy atom. The van der Waals surface area contributed by atoms with Crippen molar-refractivity contribution in [1.29, 1.82) is 0 Å². The maximum atomic E-state index is 10.9. The van der Waals surface area contributed by atoms with Gasteiger partial charge >= 0.3 is 0 Å². The minimum absolute atomic E-state index is 0.0870. The van der Waals surface area contributed by atoms with Crippen LogP contribution in [0, 0.1) is 0 Å². The summed E-state index contributed by atoms with van der Waals surface area (Å²) in [4.78, 5) is 13.2. The van der Waals surface area contributed by atoms with Crippen LogP contribution in [0.15, 0.2) is 18.2 Å². The van der Waals surface area contributed by atoms with Gasteiger partial charge in [0, 0.05) is 38.8 Å². The van der Waals surface area contributed by atoms with Crippen LogP contribution in [0.2, 0.25) is 5.02 Å². The van der Waals surface area contributed by atoms with Gasteiger partial charge in [0.2, 0.25) is 5.91 Å². The van der Waals surface area contributed by atoms with E-state index in [-0.39, 0.29) is 5.91 Å². The van der Waals surface area contributed by atoms with Crippen molar-refractivity contribution >= 4 is 28.9 Å². The summed E-state index contributed by atoms with van der Waals surface area (Å²) >= 11 is 6.23. The molecular weight excluding hydrogens is 238 g/mol. The van der Waals surface area contributed by atoms with Gasteiger partial charge in [0.05, 0.1) is 10.7 Å². The molecule has 0 aromatic heterocycles. The first kappa shape index (κ1) is 12.2. The summed E-state index contributed by atoms with van der Waals surface area (Å²) in [6.07, 6.45) is 0. The summed E-state index contributed by atoms with van der Waals surface area (Å²) in [5, 5.41) is 6.70. The SMILES string of the molecule is CC(=O)Nc1ccc(N2CCNCC2)c(Cl)c1. The largest absolute Gasteiger partial charge is 0.368 e. The van der Waals surface area contributed by atoms with Gasteiger partial charge in [-0.15, -0.1) is 0 Å². The third-order valence-corrected chi connectivity index (χ3v) is 3.03. The van der Waals surface area contributed by atoms with Crippen LogP contribution in [0.1, 0.15) is 6.92 Å². The van der Waals surface area contributed by atoms with Crippen LogP contribution in [-0.2, 0) is 4.79 Å². The number of piperazine rings is 1. The van der Waals surface area contributed by atoms with Gasteiger partial charge in [-0.3, -0.25) is 4.79 Å². The first-order chi connectivity index (χ1) is 8.16. The molecule has 1 aromatic rings. The van der Waals surface area contributed by atoms with Crippen molar-refractivity contribution in [2.24, 2.45) is 0 Å². The summed E-state index contributed by atoms with van der Waals surface area (Å²) in [6, 6.07) is 5.63. The molecule has 4 nitrogen and oxygen atoms in total. The average molecular weight is 254 g/mol. The van der Waals surface area contributed by atoms with Gasteiger partial charge in [0.25, 0.3) is 0 Å². The van der Waals surface area contributed by atoms with Crippen LogP contribution in [0.25, 0.3) is 0 Å². The van der Waals surface area contributed by atoms with Gasteiger partial charge < -0.3 is 15.5 Å². The Labute approximate surface area is 106 Å². The molecule has 0 bridgehead atoms. The number of hydrogen-bond donors (Lipinski definition) is 2. The smallest absolute Gasteiger partial charge is 0.221 e. The molecule has 1 aliphatic rings. The average Bonchev–Trinajstić information content (AvgIpc) is 2.29. The predicted molar refractivity (Wildman–Crippen MR) is 70.8 cm³/mol. The quantitative estimate of drug-likeness (QED) is 0.844. The molecule has 5 heteroatoms. The maximum Gasteiger partial charge on any atom is 0.221 e. The van der Waals surface area contributed by atoms with E-state index in [0.29, 0.717) is 5.02 Å². The lowest BCUT2D eigenvalue weighted by molar-refractivity contribution is -0.114. The highest BCUT2D eigenvalue weighted by molar-refractivity contribution is 6.33. The molecule has 17 heavy (non-hydrogen) atoms. The van der Waals surface area contributed by atoms with Gasteiger partial charge in [-0.2, -0.15) is 0 Å². The number of carbonyl (C=O) groups is 1. The summed E-state index contributed by atoms with van der Waals surface area (Å²) in [6.45, 7) is 5.35. The first-order valence-corrected chi connectivity index (χ1v) is 6.07. The highest BCUT2D eigenvalue weighted by atomic mass is 35.5. The fourth-order valence-corrected chi connectivity index (χ4v) is 2.25. The predicted octanol–water partition coefficient (Wildman–Crippen LogP) is 1.71. The van der Waals surface area contributed by atoms with E-state index >= 15 is 0 Å². The number of anilines is 2. The fraction of sp³-hybridized carbons (Fsp3) is 0.417. The van der Waals surface area contributed by atoms with E-state index in [0.717, 1.165) is 37.6 Å². The van der Waals surface area contributed by atoms with E-state index in [1.807, 2.05) is 12.1 Å². The Bertz CT molecular complexity index is 416. The van der Waals surface area contributed by atoms with E-state index in [9.17, 15) is 4.79 Å². The summed E-state index contributed by atoms with van der Waals surface area (Å²) in [5.41, 5.74) is 1.77. The van der Waals surface area contributed by atoms with Crippen molar-refractivity contribution < 1.29 is 4.79 Å². The molecule has 2 rings (SSSR count). The van der Waals surface area contributed by atoms with Crippen molar-refractivity contribution in [3.05, 3.63) is 23.2 Å². The number of rotatable bonds is 2. The van der Waals surface area contributed by atoms with Gasteiger partial charge in [0.15, 0.2) is 0 Å². The second-order valence-corrected chi connectivity index (χ2v) is 4.49. The summed E-state index contributed by atoms with van der Waals surface area (Å²) < 4.78 is 0. The lowest BCUT2D eigenvalue weighted by Crippen LogP contribution is -2.43. The Balaban J connectivity index is 2.15. The van der Waals surface area contributed by atoms with Crippen LogP contribution in [-0.4, -0.2) is 32.1 Å². The molecular formula is C12H16ClN3O. The Kier molecular flexibility index (Phi) is 3.86. The Morgan fingerprint density at radius 3 is 2.71 bits per heavy atom. The normalized spacial score (nSPS) is 15.8. The zero-order valence-corrected chi connectivity index (χ0v) is 10.5. The van der Waals surface area contributed by atoms with Crippen molar-refractivity contribution in [2.45, 2.75) is 6.92 Å². The topological polar surface area (TPSA) is 44.4 Å². The number of benzene rings is 1. The Hall–Kier alpha value is -1.26. The molecule has 0 saturated carbocycles. The van der Waals surface area contributed by atoms with E-state index in [1.54, 1.807) is 6.07 Å². The second-order valence-electron chi connectivity index (χ2n) is 4.08. The highest BCUT2D eigenvalue weighted by Crippen LogP contribution is 2.29.